The Bertz CT molecular complexity index is 860. The first-order chi connectivity index (χ1) is 9.19. The van der Waals surface area contributed by atoms with Crippen LogP contribution in [0.3, 0.4) is 0 Å². The molecule has 0 fully saturated rings. The van der Waals surface area contributed by atoms with Crippen molar-refractivity contribution in [3.05, 3.63) is 39.2 Å². The number of imidazole rings is 1. The Kier molecular flexibility index (Phi) is 2.41. The lowest BCUT2D eigenvalue weighted by molar-refractivity contribution is 0.399. The molecular weight excluding hydrogens is 250 g/mol. The molecule has 19 heavy (non-hydrogen) atoms. The molecule has 96 valence electrons. The standard InChI is InChI=1S/C11H9N5O3/c1-19-10-5(3-2-4-12-10)7-13-6-8(14-7)15-11(18)16-9(6)17/h2-4H,1H3,(H3,13,14,15,16,17,18). The zero-order chi connectivity index (χ0) is 13.4. The molecule has 3 aromatic heterocycles. The second-order valence-electron chi connectivity index (χ2n) is 3.78. The third-order valence-electron chi connectivity index (χ3n) is 2.61. The van der Waals surface area contributed by atoms with Gasteiger partial charge in [-0.3, -0.25) is 14.8 Å². The fourth-order valence-electron chi connectivity index (χ4n) is 1.79. The zero-order valence-corrected chi connectivity index (χ0v) is 9.85. The maximum atomic E-state index is 11.6. The van der Waals surface area contributed by atoms with Crippen LogP contribution in [0.4, 0.5) is 0 Å². The van der Waals surface area contributed by atoms with Crippen molar-refractivity contribution in [3.63, 3.8) is 0 Å². The van der Waals surface area contributed by atoms with Crippen LogP contribution in [0.25, 0.3) is 22.6 Å². The average Bonchev–Trinajstić information content (AvgIpc) is 2.82. The molecule has 0 saturated carbocycles. The number of rotatable bonds is 2. The highest BCUT2D eigenvalue weighted by Crippen LogP contribution is 2.25. The number of nitrogens with zero attached hydrogens (tertiary/aromatic N) is 2. The molecule has 3 N–H and O–H groups in total. The van der Waals surface area contributed by atoms with Gasteiger partial charge in [-0.25, -0.2) is 14.8 Å². The van der Waals surface area contributed by atoms with Gasteiger partial charge in [-0.05, 0) is 12.1 Å². The van der Waals surface area contributed by atoms with Crippen molar-refractivity contribution in [3.8, 4) is 17.3 Å². The number of ether oxygens (including phenoxy) is 1. The first-order valence-electron chi connectivity index (χ1n) is 5.40. The number of hydrogen-bond donors (Lipinski definition) is 3. The molecule has 8 nitrogen and oxygen atoms in total. The lowest BCUT2D eigenvalue weighted by atomic mass is 10.2. The van der Waals surface area contributed by atoms with E-state index in [-0.39, 0.29) is 11.2 Å². The molecule has 3 heterocycles. The largest absolute Gasteiger partial charge is 0.480 e. The van der Waals surface area contributed by atoms with Gasteiger partial charge in [0.2, 0.25) is 5.88 Å². The van der Waals surface area contributed by atoms with E-state index < -0.39 is 11.2 Å². The summed E-state index contributed by atoms with van der Waals surface area (Å²) in [6, 6.07) is 3.47. The Labute approximate surface area is 105 Å². The summed E-state index contributed by atoms with van der Waals surface area (Å²) in [6.07, 6.45) is 1.58. The number of H-pyrrole nitrogens is 3. The Morgan fingerprint density at radius 3 is 2.84 bits per heavy atom. The number of aromatic nitrogens is 5. The van der Waals surface area contributed by atoms with Crippen molar-refractivity contribution < 1.29 is 4.74 Å². The van der Waals surface area contributed by atoms with Crippen LogP contribution in [0, 0.1) is 0 Å². The monoisotopic (exact) mass is 259 g/mol. The molecule has 0 aliphatic carbocycles. The minimum Gasteiger partial charge on any atom is -0.480 e. The summed E-state index contributed by atoms with van der Waals surface area (Å²) in [7, 11) is 1.49. The quantitative estimate of drug-likeness (QED) is 0.599. The van der Waals surface area contributed by atoms with Crippen molar-refractivity contribution >= 4 is 11.2 Å². The predicted octanol–water partition coefficient (Wildman–Crippen LogP) is 0.0101. The van der Waals surface area contributed by atoms with Gasteiger partial charge < -0.3 is 9.72 Å². The number of fused-ring (bicyclic) bond motifs is 1. The summed E-state index contributed by atoms with van der Waals surface area (Å²) in [5.41, 5.74) is -0.148. The third kappa shape index (κ3) is 1.79. The van der Waals surface area contributed by atoms with Crippen LogP contribution < -0.4 is 16.0 Å². The Morgan fingerprint density at radius 1 is 1.21 bits per heavy atom. The third-order valence-corrected chi connectivity index (χ3v) is 2.61. The summed E-state index contributed by atoms with van der Waals surface area (Å²) in [5.74, 6) is 0.771. The van der Waals surface area contributed by atoms with Gasteiger partial charge in [0.25, 0.3) is 5.56 Å². The van der Waals surface area contributed by atoms with Gasteiger partial charge in [0.1, 0.15) is 11.3 Å². The van der Waals surface area contributed by atoms with Crippen molar-refractivity contribution in [2.45, 2.75) is 0 Å². The van der Waals surface area contributed by atoms with E-state index in [1.165, 1.54) is 7.11 Å². The summed E-state index contributed by atoms with van der Waals surface area (Å²) in [4.78, 5) is 38.4. The summed E-state index contributed by atoms with van der Waals surface area (Å²) < 4.78 is 5.12. The van der Waals surface area contributed by atoms with Crippen LogP contribution in [-0.4, -0.2) is 32.0 Å². The first-order valence-corrected chi connectivity index (χ1v) is 5.40. The molecule has 3 rings (SSSR count). The average molecular weight is 259 g/mol. The fraction of sp³-hybridized carbons (Fsp3) is 0.0909. The molecule has 0 aliphatic heterocycles. The van der Waals surface area contributed by atoms with Gasteiger partial charge in [-0.2, -0.15) is 0 Å². The summed E-state index contributed by atoms with van der Waals surface area (Å²) >= 11 is 0. The minimum absolute atomic E-state index is 0.189. The second kappa shape index (κ2) is 4.09. The van der Waals surface area contributed by atoms with Crippen LogP contribution in [0.5, 0.6) is 5.88 Å². The number of methoxy groups -OCH3 is 1. The minimum atomic E-state index is -0.603. The van der Waals surface area contributed by atoms with Crippen LogP contribution in [-0.2, 0) is 0 Å². The Balaban J connectivity index is 2.29. The topological polar surface area (TPSA) is 117 Å². The number of hydrogen-bond acceptors (Lipinski definition) is 5. The van der Waals surface area contributed by atoms with E-state index in [9.17, 15) is 9.59 Å². The van der Waals surface area contributed by atoms with E-state index in [1.54, 1.807) is 18.3 Å². The SMILES string of the molecule is COc1ncccc1-c1nc2[nH]c(=O)[nH]c(=O)c2[nH]1. The fourth-order valence-corrected chi connectivity index (χ4v) is 1.79. The summed E-state index contributed by atoms with van der Waals surface area (Å²) in [6.45, 7) is 0. The number of nitrogens with one attached hydrogen (secondary N) is 3. The van der Waals surface area contributed by atoms with Crippen molar-refractivity contribution in [1.29, 1.82) is 0 Å². The van der Waals surface area contributed by atoms with Gasteiger partial charge in [-0.1, -0.05) is 0 Å². The van der Waals surface area contributed by atoms with Crippen molar-refractivity contribution in [2.75, 3.05) is 7.11 Å². The molecule has 0 aromatic carbocycles. The molecule has 0 amide bonds. The lowest BCUT2D eigenvalue weighted by Gasteiger charge is -2.02. The normalized spacial score (nSPS) is 10.8. The molecular formula is C11H9N5O3. The molecule has 0 atom stereocenters. The maximum absolute atomic E-state index is 11.6. The van der Waals surface area contributed by atoms with Crippen LogP contribution in [0.1, 0.15) is 0 Å². The molecule has 0 radical (unpaired) electrons. The van der Waals surface area contributed by atoms with Crippen LogP contribution >= 0.6 is 0 Å². The molecule has 0 bridgehead atoms. The molecule has 8 heteroatoms. The van der Waals surface area contributed by atoms with E-state index >= 15 is 0 Å². The summed E-state index contributed by atoms with van der Waals surface area (Å²) in [5, 5.41) is 0. The highest BCUT2D eigenvalue weighted by molar-refractivity contribution is 5.76. The van der Waals surface area contributed by atoms with E-state index in [4.69, 9.17) is 4.74 Å². The van der Waals surface area contributed by atoms with Gasteiger partial charge in [0, 0.05) is 6.20 Å². The predicted molar refractivity (Wildman–Crippen MR) is 67.1 cm³/mol. The van der Waals surface area contributed by atoms with Crippen molar-refractivity contribution in [1.82, 2.24) is 24.9 Å². The smallest absolute Gasteiger partial charge is 0.327 e. The maximum Gasteiger partial charge on any atom is 0.327 e. The Hall–Kier alpha value is -2.90. The first kappa shape index (κ1) is 11.2. The number of pyridine rings is 1. The molecule has 0 unspecified atom stereocenters. The molecule has 0 aliphatic rings. The van der Waals surface area contributed by atoms with E-state index in [0.29, 0.717) is 17.3 Å². The zero-order valence-electron chi connectivity index (χ0n) is 9.85. The van der Waals surface area contributed by atoms with Crippen LogP contribution in [0.2, 0.25) is 0 Å². The van der Waals surface area contributed by atoms with Crippen molar-refractivity contribution in [2.24, 2.45) is 0 Å². The van der Waals surface area contributed by atoms with E-state index in [1.807, 2.05) is 0 Å². The second-order valence-corrected chi connectivity index (χ2v) is 3.78. The van der Waals surface area contributed by atoms with Gasteiger partial charge >= 0.3 is 5.69 Å². The van der Waals surface area contributed by atoms with Gasteiger partial charge in [0.15, 0.2) is 5.65 Å². The molecule has 0 spiro atoms. The lowest BCUT2D eigenvalue weighted by Crippen LogP contribution is -2.21. The van der Waals surface area contributed by atoms with Gasteiger partial charge in [-0.15, -0.1) is 0 Å². The Morgan fingerprint density at radius 2 is 2.05 bits per heavy atom. The molecule has 0 saturated heterocycles. The number of aromatic amines is 3. The molecule has 3 aromatic rings. The highest BCUT2D eigenvalue weighted by Gasteiger charge is 2.13. The van der Waals surface area contributed by atoms with E-state index in [0.717, 1.165) is 0 Å². The van der Waals surface area contributed by atoms with Crippen LogP contribution in [0.15, 0.2) is 27.9 Å². The highest BCUT2D eigenvalue weighted by atomic mass is 16.5. The van der Waals surface area contributed by atoms with Gasteiger partial charge in [0.05, 0.1) is 12.7 Å². The van der Waals surface area contributed by atoms with E-state index in [2.05, 4.69) is 24.9 Å².